The van der Waals surface area contributed by atoms with Gasteiger partial charge in [0.25, 0.3) is 6.71 Å². The zero-order valence-corrected chi connectivity index (χ0v) is 40.9. The van der Waals surface area contributed by atoms with Gasteiger partial charge in [0.15, 0.2) is 0 Å². The third-order valence-corrected chi connectivity index (χ3v) is 14.9. The number of para-hydroxylation sites is 6. The molecule has 0 unspecified atom stereocenters. The van der Waals surface area contributed by atoms with Gasteiger partial charge in [-0.1, -0.05) is 202 Å². The molecule has 13 aromatic rings. The molecule has 0 fully saturated rings. The molecule has 15 rings (SSSR count). The van der Waals surface area contributed by atoms with Crippen LogP contribution in [-0.2, 0) is 5.41 Å². The van der Waals surface area contributed by atoms with Crippen LogP contribution < -0.4 is 26.2 Å². The second-order valence-electron chi connectivity index (χ2n) is 20.1. The molecule has 0 N–H and O–H groups in total. The minimum Gasteiger partial charge on any atom is -0.311 e. The van der Waals surface area contributed by atoms with Crippen molar-refractivity contribution >= 4 is 101 Å². The standard InChI is InChI=1S/C70H51BN4/c1-70(2,3)48-42-67-69-68(43-48)75(60-33-17-11-27-52(60)47-24-8-5-9-25-47)66-45-50(73-63-36-20-14-30-55(63)56-31-15-21-37-64(56)73)39-41-58(66)71(69)57-40-38-49(72-61-34-18-12-28-53(61)54-29-13-19-35-62(54)72)44-65(57)74(67)59-32-16-10-26-51(59)46-22-6-4-7-23-46/h4-45H,1-3H3/i12D,13D,14D,15D,18D,19D,20D,21D,28D,29D,30D,31D,34D,35D,36D,37D. The quantitative estimate of drug-likeness (QED) is 0.154. The summed E-state index contributed by atoms with van der Waals surface area (Å²) in [5.74, 6) is 0. The highest BCUT2D eigenvalue weighted by atomic mass is 15.2. The third kappa shape index (κ3) is 6.57. The van der Waals surface area contributed by atoms with Crippen molar-refractivity contribution in [3.63, 3.8) is 0 Å². The Labute approximate surface area is 460 Å². The first kappa shape index (κ1) is 30.0. The van der Waals surface area contributed by atoms with Crippen molar-refractivity contribution in [3.8, 4) is 33.6 Å². The average molecular weight is 975 g/mol. The van der Waals surface area contributed by atoms with Gasteiger partial charge in [0.2, 0.25) is 0 Å². The Kier molecular flexibility index (Phi) is 6.65. The summed E-state index contributed by atoms with van der Waals surface area (Å²) in [6.45, 7) is 5.80. The lowest BCUT2D eigenvalue weighted by atomic mass is 9.33. The molecule has 2 aromatic heterocycles. The number of hydrogen-bond acceptors (Lipinski definition) is 2. The van der Waals surface area contributed by atoms with Gasteiger partial charge in [0, 0.05) is 66.8 Å². The number of benzene rings is 11. The maximum Gasteiger partial charge on any atom is 0.252 e. The summed E-state index contributed by atoms with van der Waals surface area (Å²) in [4.78, 5) is 4.45. The summed E-state index contributed by atoms with van der Waals surface area (Å²) in [6, 6.07) is 44.2. The zero-order valence-electron chi connectivity index (χ0n) is 56.9. The molecule has 0 saturated heterocycles. The molecule has 0 amide bonds. The monoisotopic (exact) mass is 975 g/mol. The molecule has 354 valence electrons. The fourth-order valence-corrected chi connectivity index (χ4v) is 11.6. The summed E-state index contributed by atoms with van der Waals surface area (Å²) in [7, 11) is 0. The van der Waals surface area contributed by atoms with Gasteiger partial charge >= 0.3 is 0 Å². The van der Waals surface area contributed by atoms with E-state index in [0.717, 1.165) is 67.0 Å². The fraction of sp³-hybridized carbons (Fsp3) is 0.0571. The molecular weight excluding hydrogens is 908 g/mol. The van der Waals surface area contributed by atoms with Crippen LogP contribution in [0.2, 0.25) is 0 Å². The number of fused-ring (bicyclic) bond motifs is 10. The predicted molar refractivity (Wildman–Crippen MR) is 319 cm³/mol. The second kappa shape index (κ2) is 16.6. The summed E-state index contributed by atoms with van der Waals surface area (Å²) in [6.07, 6.45) is 0. The highest BCUT2D eigenvalue weighted by Crippen LogP contribution is 2.50. The van der Waals surface area contributed by atoms with Crippen molar-refractivity contribution in [2.24, 2.45) is 0 Å². The zero-order chi connectivity index (χ0) is 63.9. The Morgan fingerprint density at radius 3 is 1.11 bits per heavy atom. The normalized spacial score (nSPS) is 15.9. The molecule has 4 heterocycles. The summed E-state index contributed by atoms with van der Waals surface area (Å²) < 4.78 is 150. The molecule has 75 heavy (non-hydrogen) atoms. The van der Waals surface area contributed by atoms with Gasteiger partial charge in [-0.25, -0.2) is 0 Å². The Morgan fingerprint density at radius 2 is 0.720 bits per heavy atom. The first-order valence-electron chi connectivity index (χ1n) is 32.9. The number of rotatable bonds is 6. The van der Waals surface area contributed by atoms with Crippen LogP contribution in [0.1, 0.15) is 48.3 Å². The van der Waals surface area contributed by atoms with Crippen LogP contribution >= 0.6 is 0 Å². The topological polar surface area (TPSA) is 16.3 Å². The minimum atomic E-state index is -0.632. The van der Waals surface area contributed by atoms with Crippen molar-refractivity contribution in [3.05, 3.63) is 260 Å². The molecule has 5 heteroatoms. The first-order valence-corrected chi connectivity index (χ1v) is 24.9. The van der Waals surface area contributed by atoms with Crippen LogP contribution in [0.4, 0.5) is 34.1 Å². The van der Waals surface area contributed by atoms with Gasteiger partial charge in [0.1, 0.15) is 0 Å². The third-order valence-electron chi connectivity index (χ3n) is 14.9. The summed E-state index contributed by atoms with van der Waals surface area (Å²) in [5, 5.41) is -0.207. The van der Waals surface area contributed by atoms with Crippen molar-refractivity contribution in [2.75, 3.05) is 9.80 Å². The average Bonchev–Trinajstić information content (AvgIpc) is 1.63. The lowest BCUT2D eigenvalue weighted by Crippen LogP contribution is -2.61. The highest BCUT2D eigenvalue weighted by molar-refractivity contribution is 7.00. The fourth-order valence-electron chi connectivity index (χ4n) is 11.6. The SMILES string of the molecule is [2H]c1c([2H])c([2H])c2c(c1[2H])c1c([2H])c([2H])c([2H])c([2H])c1n2-c1ccc2c(c1)N(c1ccccc1-c1ccccc1)c1cc(C(C)(C)C)cc3c1B2c1ccc(-n2c4c([2H])c([2H])c([2H])c([2H])c4c4c([2H])c([2H])c([2H])c([2H])c42)cc1N3c1ccccc1-c1ccccc1. The number of aromatic nitrogens is 2. The van der Waals surface area contributed by atoms with E-state index in [0.29, 0.717) is 22.7 Å². The highest BCUT2D eigenvalue weighted by Gasteiger charge is 2.45. The summed E-state index contributed by atoms with van der Waals surface area (Å²) in [5.41, 5.74) is 11.5. The van der Waals surface area contributed by atoms with E-state index < -0.39 is 109 Å². The number of hydrogen-bond donors (Lipinski definition) is 0. The first-order chi connectivity index (χ1) is 43.5. The molecule has 4 nitrogen and oxygen atoms in total. The number of anilines is 6. The van der Waals surface area contributed by atoms with E-state index in [4.69, 9.17) is 11.0 Å². The predicted octanol–water partition coefficient (Wildman–Crippen LogP) is 16.6. The van der Waals surface area contributed by atoms with Crippen LogP contribution in [0, 0.1) is 0 Å². The second-order valence-corrected chi connectivity index (χ2v) is 20.1. The van der Waals surface area contributed by atoms with Gasteiger partial charge in [0.05, 0.1) is 55.4 Å². The van der Waals surface area contributed by atoms with E-state index in [-0.39, 0.29) is 43.6 Å². The molecule has 0 atom stereocenters. The van der Waals surface area contributed by atoms with Gasteiger partial charge in [-0.15, -0.1) is 0 Å². The minimum absolute atomic E-state index is 0.0271. The molecule has 2 aliphatic rings. The molecule has 0 bridgehead atoms. The molecule has 2 aliphatic heterocycles. The van der Waals surface area contributed by atoms with Crippen molar-refractivity contribution in [2.45, 2.75) is 26.2 Å². The van der Waals surface area contributed by atoms with Crippen molar-refractivity contribution < 1.29 is 21.9 Å². The van der Waals surface area contributed by atoms with E-state index in [9.17, 15) is 11.0 Å². The van der Waals surface area contributed by atoms with E-state index in [1.54, 1.807) is 0 Å². The van der Waals surface area contributed by atoms with E-state index in [2.05, 4.69) is 67.0 Å². The molecule has 0 radical (unpaired) electrons. The molecule has 0 saturated carbocycles. The smallest absolute Gasteiger partial charge is 0.252 e. The maximum atomic E-state index is 9.52. The maximum absolute atomic E-state index is 9.52. The van der Waals surface area contributed by atoms with E-state index >= 15 is 0 Å². The Bertz CT molecular complexity index is 4920. The summed E-state index contributed by atoms with van der Waals surface area (Å²) >= 11 is 0. The Balaban J connectivity index is 1.12. The van der Waals surface area contributed by atoms with E-state index in [1.165, 1.54) is 9.13 Å². The lowest BCUT2D eigenvalue weighted by molar-refractivity contribution is 0.590. The van der Waals surface area contributed by atoms with Crippen LogP contribution in [-0.4, -0.2) is 15.8 Å². The van der Waals surface area contributed by atoms with Gasteiger partial charge < -0.3 is 18.9 Å². The van der Waals surface area contributed by atoms with Gasteiger partial charge in [-0.3, -0.25) is 0 Å². The van der Waals surface area contributed by atoms with Crippen LogP contribution in [0.25, 0.3) is 77.2 Å². The Hall–Kier alpha value is -9.32. The largest absolute Gasteiger partial charge is 0.311 e. The van der Waals surface area contributed by atoms with Crippen molar-refractivity contribution in [1.82, 2.24) is 9.13 Å². The van der Waals surface area contributed by atoms with E-state index in [1.807, 2.05) is 121 Å². The lowest BCUT2D eigenvalue weighted by Gasteiger charge is -2.46. The molecule has 11 aromatic carbocycles. The number of nitrogens with zero attached hydrogens (tertiary/aromatic N) is 4. The Morgan fingerprint density at radius 1 is 0.360 bits per heavy atom. The molecule has 0 aliphatic carbocycles. The molecular formula is C70H51BN4. The van der Waals surface area contributed by atoms with Gasteiger partial charge in [-0.05, 0) is 111 Å². The van der Waals surface area contributed by atoms with Gasteiger partial charge in [-0.2, -0.15) is 0 Å². The van der Waals surface area contributed by atoms with Crippen LogP contribution in [0.5, 0.6) is 0 Å². The van der Waals surface area contributed by atoms with Crippen LogP contribution in [0.15, 0.2) is 254 Å². The van der Waals surface area contributed by atoms with Crippen LogP contribution in [0.3, 0.4) is 0 Å². The molecule has 0 spiro atoms. The van der Waals surface area contributed by atoms with Crippen molar-refractivity contribution in [1.29, 1.82) is 0 Å².